The van der Waals surface area contributed by atoms with E-state index in [0.717, 1.165) is 35.1 Å². The number of rotatable bonds is 5. The molecular weight excluding hydrogens is 400 g/mol. The molecule has 0 radical (unpaired) electrons. The zero-order valence-electron chi connectivity index (χ0n) is 19.9. The van der Waals surface area contributed by atoms with Crippen molar-refractivity contribution in [3.8, 4) is 0 Å². The SMILES string of the molecule is CN(C)CCc1c2n(c3ccccc13)[C@](C)(O)[C@H](C(=O)OC(C)(C)C)[C@@H]2c1ccccc1. The Bertz CT molecular complexity index is 1120. The fraction of sp³-hybridized carbons (Fsp3) is 0.444. The molecule has 5 nitrogen and oxygen atoms in total. The summed E-state index contributed by atoms with van der Waals surface area (Å²) in [4.78, 5) is 15.7. The van der Waals surface area contributed by atoms with Crippen molar-refractivity contribution in [2.45, 2.75) is 51.4 Å². The van der Waals surface area contributed by atoms with E-state index in [2.05, 4.69) is 25.1 Å². The average molecular weight is 435 g/mol. The van der Waals surface area contributed by atoms with E-state index in [4.69, 9.17) is 4.74 Å². The molecule has 5 heteroatoms. The van der Waals surface area contributed by atoms with Crippen LogP contribution in [-0.4, -0.2) is 46.8 Å². The lowest BCUT2D eigenvalue weighted by Crippen LogP contribution is -2.42. The predicted octanol–water partition coefficient (Wildman–Crippen LogP) is 4.51. The van der Waals surface area contributed by atoms with Crippen molar-refractivity contribution in [3.05, 3.63) is 71.4 Å². The number of likely N-dealkylation sites (N-methyl/N-ethyl adjacent to an activating group) is 1. The molecule has 1 aliphatic rings. The molecule has 0 bridgehead atoms. The quantitative estimate of drug-likeness (QED) is 0.600. The zero-order valence-corrected chi connectivity index (χ0v) is 19.9. The summed E-state index contributed by atoms with van der Waals surface area (Å²) < 4.78 is 7.82. The van der Waals surface area contributed by atoms with Crippen LogP contribution in [0.2, 0.25) is 0 Å². The Morgan fingerprint density at radius 3 is 2.34 bits per heavy atom. The molecule has 1 aliphatic heterocycles. The van der Waals surface area contributed by atoms with E-state index in [9.17, 15) is 9.90 Å². The smallest absolute Gasteiger partial charge is 0.315 e. The number of aromatic nitrogens is 1. The second kappa shape index (κ2) is 8.05. The number of fused-ring (bicyclic) bond motifs is 3. The molecule has 170 valence electrons. The minimum atomic E-state index is -1.42. The van der Waals surface area contributed by atoms with E-state index >= 15 is 0 Å². The van der Waals surface area contributed by atoms with E-state index in [1.165, 1.54) is 5.56 Å². The zero-order chi connectivity index (χ0) is 23.3. The van der Waals surface area contributed by atoms with Gasteiger partial charge in [-0.25, -0.2) is 0 Å². The van der Waals surface area contributed by atoms with Gasteiger partial charge in [-0.05, 0) is 65.4 Å². The molecule has 2 aromatic carbocycles. The van der Waals surface area contributed by atoms with E-state index < -0.39 is 17.2 Å². The lowest BCUT2D eigenvalue weighted by molar-refractivity contribution is -0.173. The van der Waals surface area contributed by atoms with Crippen molar-refractivity contribution < 1.29 is 14.6 Å². The summed E-state index contributed by atoms with van der Waals surface area (Å²) in [5.41, 5.74) is 2.11. The highest BCUT2D eigenvalue weighted by molar-refractivity contribution is 5.89. The lowest BCUT2D eigenvalue weighted by Gasteiger charge is -2.32. The van der Waals surface area contributed by atoms with Crippen molar-refractivity contribution in [2.24, 2.45) is 5.92 Å². The van der Waals surface area contributed by atoms with Crippen LogP contribution in [0.3, 0.4) is 0 Å². The molecule has 0 fully saturated rings. The molecule has 0 unspecified atom stereocenters. The fourth-order valence-electron chi connectivity index (χ4n) is 5.09. The van der Waals surface area contributed by atoms with Gasteiger partial charge in [0, 0.05) is 23.5 Å². The average Bonchev–Trinajstić information content (AvgIpc) is 3.16. The number of hydrogen-bond acceptors (Lipinski definition) is 4. The van der Waals surface area contributed by atoms with Crippen molar-refractivity contribution >= 4 is 16.9 Å². The minimum absolute atomic E-state index is 0.300. The first kappa shape index (κ1) is 22.6. The number of nitrogens with zero attached hydrogens (tertiary/aromatic N) is 2. The third-order valence-corrected chi connectivity index (χ3v) is 6.32. The molecule has 1 N–H and O–H groups in total. The van der Waals surface area contributed by atoms with Crippen molar-refractivity contribution in [3.63, 3.8) is 0 Å². The molecule has 0 spiro atoms. The van der Waals surface area contributed by atoms with Crippen LogP contribution in [0.5, 0.6) is 0 Å². The largest absolute Gasteiger partial charge is 0.460 e. The lowest BCUT2D eigenvalue weighted by atomic mass is 9.79. The van der Waals surface area contributed by atoms with Crippen LogP contribution in [-0.2, 0) is 21.7 Å². The Labute approximate surface area is 190 Å². The maximum absolute atomic E-state index is 13.5. The van der Waals surface area contributed by atoms with Crippen molar-refractivity contribution in [2.75, 3.05) is 20.6 Å². The molecule has 3 aromatic rings. The molecule has 2 heterocycles. The van der Waals surface area contributed by atoms with Crippen LogP contribution in [0.4, 0.5) is 0 Å². The van der Waals surface area contributed by atoms with Gasteiger partial charge in [-0.15, -0.1) is 0 Å². The van der Waals surface area contributed by atoms with E-state index in [1.54, 1.807) is 6.92 Å². The molecule has 0 saturated heterocycles. The maximum atomic E-state index is 13.5. The number of aliphatic hydroxyl groups is 1. The predicted molar refractivity (Wildman–Crippen MR) is 128 cm³/mol. The highest BCUT2D eigenvalue weighted by atomic mass is 16.6. The van der Waals surface area contributed by atoms with Gasteiger partial charge >= 0.3 is 5.97 Å². The van der Waals surface area contributed by atoms with Crippen LogP contribution >= 0.6 is 0 Å². The molecule has 0 saturated carbocycles. The van der Waals surface area contributed by atoms with Gasteiger partial charge in [-0.1, -0.05) is 48.5 Å². The van der Waals surface area contributed by atoms with Crippen LogP contribution < -0.4 is 0 Å². The standard InChI is InChI=1S/C27H34N2O3/c1-26(2,3)32-25(30)23-22(18-12-8-7-9-13-18)24-20(16-17-28(5)6)19-14-10-11-15-21(19)29(24)27(23,4)31/h7-15,22-23,31H,16-17H2,1-6H3/t22-,23-,27+/m0/s1. The first-order valence-corrected chi connectivity index (χ1v) is 11.3. The van der Waals surface area contributed by atoms with Crippen LogP contribution in [0.1, 0.15) is 50.4 Å². The summed E-state index contributed by atoms with van der Waals surface area (Å²) in [6, 6.07) is 18.2. The molecule has 3 atom stereocenters. The number of para-hydroxylation sites is 1. The van der Waals surface area contributed by atoms with Crippen LogP contribution in [0.15, 0.2) is 54.6 Å². The van der Waals surface area contributed by atoms with E-state index in [-0.39, 0.29) is 11.9 Å². The summed E-state index contributed by atoms with van der Waals surface area (Å²) in [7, 11) is 4.12. The van der Waals surface area contributed by atoms with Crippen molar-refractivity contribution in [1.82, 2.24) is 9.47 Å². The van der Waals surface area contributed by atoms with Gasteiger partial charge in [0.1, 0.15) is 11.5 Å². The van der Waals surface area contributed by atoms with Crippen molar-refractivity contribution in [1.29, 1.82) is 0 Å². The third-order valence-electron chi connectivity index (χ3n) is 6.32. The number of hydrogen-bond donors (Lipinski definition) is 1. The Hall–Kier alpha value is -2.63. The van der Waals surface area contributed by atoms with Gasteiger partial charge in [0.05, 0.1) is 5.52 Å². The third kappa shape index (κ3) is 3.84. The number of carbonyl (C=O) groups is 1. The van der Waals surface area contributed by atoms with Crippen LogP contribution in [0, 0.1) is 5.92 Å². The van der Waals surface area contributed by atoms with Gasteiger partial charge in [0.25, 0.3) is 0 Å². The normalized spacial score (nSPS) is 23.0. The first-order chi connectivity index (χ1) is 15.0. The number of esters is 1. The van der Waals surface area contributed by atoms with E-state index in [0.29, 0.717) is 0 Å². The monoisotopic (exact) mass is 434 g/mol. The first-order valence-electron chi connectivity index (χ1n) is 11.3. The molecule has 0 aliphatic carbocycles. The molecule has 4 rings (SSSR count). The fourth-order valence-corrected chi connectivity index (χ4v) is 5.09. The van der Waals surface area contributed by atoms with Gasteiger partial charge in [0.2, 0.25) is 0 Å². The van der Waals surface area contributed by atoms with Gasteiger partial charge in [0.15, 0.2) is 5.72 Å². The Morgan fingerprint density at radius 2 is 1.72 bits per heavy atom. The maximum Gasteiger partial charge on any atom is 0.315 e. The minimum Gasteiger partial charge on any atom is -0.460 e. The summed E-state index contributed by atoms with van der Waals surface area (Å²) in [6.07, 6.45) is 0.830. The highest BCUT2D eigenvalue weighted by Crippen LogP contribution is 2.53. The summed E-state index contributed by atoms with van der Waals surface area (Å²) in [6.45, 7) is 8.22. The summed E-state index contributed by atoms with van der Waals surface area (Å²) in [5, 5.41) is 13.1. The van der Waals surface area contributed by atoms with E-state index in [1.807, 2.05) is 73.9 Å². The molecule has 0 amide bonds. The summed E-state index contributed by atoms with van der Waals surface area (Å²) in [5.74, 6) is -1.42. The highest BCUT2D eigenvalue weighted by Gasteiger charge is 2.55. The molecule has 32 heavy (non-hydrogen) atoms. The van der Waals surface area contributed by atoms with Gasteiger partial charge in [-0.2, -0.15) is 0 Å². The Morgan fingerprint density at radius 1 is 1.09 bits per heavy atom. The van der Waals surface area contributed by atoms with Gasteiger partial charge < -0.3 is 19.3 Å². The molecule has 1 aromatic heterocycles. The number of benzene rings is 2. The second-order valence-electron chi connectivity index (χ2n) is 10.3. The second-order valence-corrected chi connectivity index (χ2v) is 10.3. The van der Waals surface area contributed by atoms with Gasteiger partial charge in [-0.3, -0.25) is 4.79 Å². The Kier molecular flexibility index (Phi) is 5.68. The molecular formula is C27H34N2O3. The topological polar surface area (TPSA) is 54.7 Å². The number of carbonyl (C=O) groups excluding carboxylic acids is 1. The van der Waals surface area contributed by atoms with Crippen LogP contribution in [0.25, 0.3) is 10.9 Å². The Balaban J connectivity index is 1.98. The number of ether oxygens (including phenoxy) is 1. The summed E-state index contributed by atoms with van der Waals surface area (Å²) >= 11 is 0.